The van der Waals surface area contributed by atoms with E-state index in [0.29, 0.717) is 0 Å². The molecule has 1 fully saturated rings. The minimum absolute atomic E-state index is 0.837. The van der Waals surface area contributed by atoms with Crippen LogP contribution in [0.2, 0.25) is 0 Å². The average molecular weight is 158 g/mol. The molecule has 0 aromatic carbocycles. The Kier molecular flexibility index (Phi) is 3.83. The van der Waals surface area contributed by atoms with Gasteiger partial charge in [-0.3, -0.25) is 9.80 Å². The summed E-state index contributed by atoms with van der Waals surface area (Å²) < 4.78 is 5.27. The second kappa shape index (κ2) is 4.70. The van der Waals surface area contributed by atoms with E-state index in [-0.39, 0.29) is 0 Å². The van der Waals surface area contributed by atoms with Gasteiger partial charge in [0.25, 0.3) is 0 Å². The molecule has 3 nitrogen and oxygen atoms in total. The molecule has 0 unspecified atom stereocenters. The van der Waals surface area contributed by atoms with Crippen molar-refractivity contribution in [3.8, 4) is 0 Å². The Morgan fingerprint density at radius 1 is 1.36 bits per heavy atom. The number of rotatable bonds is 4. The number of ether oxygens (including phenoxy) is 1. The van der Waals surface area contributed by atoms with E-state index >= 15 is 0 Å². The predicted octanol–water partition coefficient (Wildman–Crippen LogP) is 0.228. The number of hydrogen-bond donors (Lipinski definition) is 0. The summed E-state index contributed by atoms with van der Waals surface area (Å²) in [5.74, 6) is 0. The molecular formula is C8H18N2O. The molecule has 1 saturated heterocycles. The Bertz CT molecular complexity index is 108. The molecule has 1 heterocycles. The molecule has 66 valence electrons. The zero-order chi connectivity index (χ0) is 8.10. The van der Waals surface area contributed by atoms with Gasteiger partial charge in [0.15, 0.2) is 0 Å². The van der Waals surface area contributed by atoms with E-state index in [0.717, 1.165) is 26.4 Å². The molecule has 1 rings (SSSR count). The highest BCUT2D eigenvalue weighted by atomic mass is 16.5. The molecule has 0 aliphatic carbocycles. The van der Waals surface area contributed by atoms with Crippen LogP contribution in [0, 0.1) is 0 Å². The van der Waals surface area contributed by atoms with Crippen molar-refractivity contribution in [1.82, 2.24) is 9.80 Å². The Morgan fingerprint density at radius 3 is 2.73 bits per heavy atom. The summed E-state index contributed by atoms with van der Waals surface area (Å²) >= 11 is 0. The van der Waals surface area contributed by atoms with Crippen molar-refractivity contribution in [1.29, 1.82) is 0 Å². The highest BCUT2D eigenvalue weighted by molar-refractivity contribution is 4.66. The van der Waals surface area contributed by atoms with Crippen LogP contribution < -0.4 is 0 Å². The molecule has 0 spiro atoms. The average Bonchev–Trinajstić information content (AvgIpc) is 2.37. The van der Waals surface area contributed by atoms with Gasteiger partial charge in [0.05, 0.1) is 13.3 Å². The van der Waals surface area contributed by atoms with Gasteiger partial charge in [-0.2, -0.15) is 0 Å². The van der Waals surface area contributed by atoms with Gasteiger partial charge in [0.1, 0.15) is 0 Å². The first-order valence-corrected chi connectivity index (χ1v) is 4.31. The van der Waals surface area contributed by atoms with E-state index in [2.05, 4.69) is 16.8 Å². The lowest BCUT2D eigenvalue weighted by atomic mass is 10.5. The van der Waals surface area contributed by atoms with Gasteiger partial charge >= 0.3 is 0 Å². The summed E-state index contributed by atoms with van der Waals surface area (Å²) in [6, 6.07) is 0. The molecule has 11 heavy (non-hydrogen) atoms. The highest BCUT2D eigenvalue weighted by Crippen LogP contribution is 2.00. The number of nitrogens with zero attached hydrogens (tertiary/aromatic N) is 2. The predicted molar refractivity (Wildman–Crippen MR) is 45.6 cm³/mol. The largest absolute Gasteiger partial charge is 0.380 e. The van der Waals surface area contributed by atoms with Gasteiger partial charge in [-0.1, -0.05) is 0 Å². The molecule has 1 aliphatic rings. The molecule has 0 amide bonds. The maximum Gasteiger partial charge on any atom is 0.0593 e. The third-order valence-corrected chi connectivity index (χ3v) is 2.00. The molecule has 0 aromatic rings. The zero-order valence-electron chi connectivity index (χ0n) is 7.55. The minimum atomic E-state index is 0.837. The first-order valence-electron chi connectivity index (χ1n) is 4.31. The van der Waals surface area contributed by atoms with Gasteiger partial charge in [-0.05, 0) is 14.0 Å². The normalized spacial score (nSPS) is 21.3. The van der Waals surface area contributed by atoms with Crippen LogP contribution in [0.5, 0.6) is 0 Å². The van der Waals surface area contributed by atoms with E-state index in [1.807, 2.05) is 6.92 Å². The van der Waals surface area contributed by atoms with Gasteiger partial charge < -0.3 is 4.74 Å². The summed E-state index contributed by atoms with van der Waals surface area (Å²) in [5, 5.41) is 0. The summed E-state index contributed by atoms with van der Waals surface area (Å²) in [7, 11) is 2.15. The lowest BCUT2D eigenvalue weighted by Gasteiger charge is -2.14. The van der Waals surface area contributed by atoms with E-state index in [4.69, 9.17) is 4.74 Å². The van der Waals surface area contributed by atoms with Crippen LogP contribution >= 0.6 is 0 Å². The summed E-state index contributed by atoms with van der Waals surface area (Å²) in [4.78, 5) is 4.74. The summed E-state index contributed by atoms with van der Waals surface area (Å²) in [5.41, 5.74) is 0. The van der Waals surface area contributed by atoms with Crippen LogP contribution in [0.15, 0.2) is 0 Å². The monoisotopic (exact) mass is 158 g/mol. The van der Waals surface area contributed by atoms with Crippen LogP contribution in [0.25, 0.3) is 0 Å². The SMILES string of the molecule is CCOCCN1CCN(C)C1. The Morgan fingerprint density at radius 2 is 2.18 bits per heavy atom. The van der Waals surface area contributed by atoms with Crippen molar-refractivity contribution in [2.75, 3.05) is 46.6 Å². The lowest BCUT2D eigenvalue weighted by molar-refractivity contribution is 0.117. The van der Waals surface area contributed by atoms with Crippen LogP contribution in [-0.4, -0.2) is 56.4 Å². The molecule has 0 radical (unpaired) electrons. The third kappa shape index (κ3) is 3.18. The zero-order valence-corrected chi connectivity index (χ0v) is 7.55. The van der Waals surface area contributed by atoms with E-state index in [1.165, 1.54) is 13.1 Å². The molecule has 0 aromatic heterocycles. The van der Waals surface area contributed by atoms with E-state index in [9.17, 15) is 0 Å². The molecule has 1 aliphatic heterocycles. The second-order valence-corrected chi connectivity index (χ2v) is 3.04. The molecular weight excluding hydrogens is 140 g/mol. The third-order valence-electron chi connectivity index (χ3n) is 2.00. The fraction of sp³-hybridized carbons (Fsp3) is 1.00. The van der Waals surface area contributed by atoms with Gasteiger partial charge in [0.2, 0.25) is 0 Å². The Balaban J connectivity index is 1.99. The first-order chi connectivity index (χ1) is 5.33. The van der Waals surface area contributed by atoms with Gasteiger partial charge in [0, 0.05) is 26.2 Å². The van der Waals surface area contributed by atoms with Crippen molar-refractivity contribution < 1.29 is 4.74 Å². The Labute approximate surface area is 68.9 Å². The van der Waals surface area contributed by atoms with Crippen molar-refractivity contribution in [3.63, 3.8) is 0 Å². The van der Waals surface area contributed by atoms with Gasteiger partial charge in [-0.25, -0.2) is 0 Å². The maximum atomic E-state index is 5.27. The molecule has 0 N–H and O–H groups in total. The summed E-state index contributed by atoms with van der Waals surface area (Å²) in [6.07, 6.45) is 0. The fourth-order valence-electron chi connectivity index (χ4n) is 1.32. The molecule has 0 saturated carbocycles. The minimum Gasteiger partial charge on any atom is -0.380 e. The van der Waals surface area contributed by atoms with E-state index in [1.54, 1.807) is 0 Å². The molecule has 3 heteroatoms. The molecule has 0 atom stereocenters. The van der Waals surface area contributed by atoms with Crippen molar-refractivity contribution in [3.05, 3.63) is 0 Å². The van der Waals surface area contributed by atoms with Crippen LogP contribution in [0.3, 0.4) is 0 Å². The summed E-state index contributed by atoms with van der Waals surface area (Å²) in [6.45, 7) is 8.34. The van der Waals surface area contributed by atoms with Crippen molar-refractivity contribution in [2.45, 2.75) is 6.92 Å². The van der Waals surface area contributed by atoms with Crippen LogP contribution in [0.1, 0.15) is 6.92 Å². The van der Waals surface area contributed by atoms with Gasteiger partial charge in [-0.15, -0.1) is 0 Å². The Hall–Kier alpha value is -0.120. The fourth-order valence-corrected chi connectivity index (χ4v) is 1.32. The smallest absolute Gasteiger partial charge is 0.0593 e. The highest BCUT2D eigenvalue weighted by Gasteiger charge is 2.14. The van der Waals surface area contributed by atoms with E-state index < -0.39 is 0 Å². The number of hydrogen-bond acceptors (Lipinski definition) is 3. The second-order valence-electron chi connectivity index (χ2n) is 3.04. The standard InChI is InChI=1S/C8H18N2O/c1-3-11-7-6-10-5-4-9(2)8-10/h3-8H2,1-2H3. The quantitative estimate of drug-likeness (QED) is 0.545. The number of likely N-dealkylation sites (N-methyl/N-ethyl adjacent to an activating group) is 1. The molecule has 0 bridgehead atoms. The maximum absolute atomic E-state index is 5.27. The van der Waals surface area contributed by atoms with Crippen molar-refractivity contribution >= 4 is 0 Å². The van der Waals surface area contributed by atoms with Crippen molar-refractivity contribution in [2.24, 2.45) is 0 Å². The van der Waals surface area contributed by atoms with Crippen LogP contribution in [0.4, 0.5) is 0 Å². The van der Waals surface area contributed by atoms with Crippen LogP contribution in [-0.2, 0) is 4.74 Å². The lowest BCUT2D eigenvalue weighted by Crippen LogP contribution is -2.26. The topological polar surface area (TPSA) is 15.7 Å². The first kappa shape index (κ1) is 8.97.